The fourth-order valence-corrected chi connectivity index (χ4v) is 3.39. The Bertz CT molecular complexity index is 1140. The van der Waals surface area contributed by atoms with Gasteiger partial charge in [0.1, 0.15) is 23.0 Å². The zero-order valence-corrected chi connectivity index (χ0v) is 14.6. The third-order valence-electron chi connectivity index (χ3n) is 4.62. The molecule has 1 unspecified atom stereocenters. The summed E-state index contributed by atoms with van der Waals surface area (Å²) in [5, 5.41) is 12.4. The summed E-state index contributed by atoms with van der Waals surface area (Å²) in [5.74, 6) is 0.144. The first-order valence-corrected chi connectivity index (χ1v) is 8.24. The van der Waals surface area contributed by atoms with Crippen molar-refractivity contribution >= 4 is 11.0 Å². The summed E-state index contributed by atoms with van der Waals surface area (Å²) in [6, 6.07) is 13.7. The minimum absolute atomic E-state index is 0.121. The van der Waals surface area contributed by atoms with Crippen LogP contribution in [0.4, 0.5) is 0 Å². The lowest BCUT2D eigenvalue weighted by Gasteiger charge is -2.24. The number of rotatable bonds is 3. The molecule has 0 N–H and O–H groups in total. The molecule has 2 heterocycles. The molecule has 1 aliphatic heterocycles. The second kappa shape index (κ2) is 6.28. The van der Waals surface area contributed by atoms with E-state index in [0.29, 0.717) is 28.0 Å². The van der Waals surface area contributed by atoms with Crippen molar-refractivity contribution in [3.05, 3.63) is 91.6 Å². The van der Waals surface area contributed by atoms with Gasteiger partial charge in [0.25, 0.3) is 5.70 Å². The van der Waals surface area contributed by atoms with E-state index in [9.17, 15) is 14.9 Å². The summed E-state index contributed by atoms with van der Waals surface area (Å²) in [5.41, 5.74) is 0.226. The maximum Gasteiger partial charge on any atom is 0.344 e. The zero-order valence-electron chi connectivity index (χ0n) is 14.6. The van der Waals surface area contributed by atoms with Crippen LogP contribution >= 0.6 is 0 Å². The smallest absolute Gasteiger partial charge is 0.344 e. The van der Waals surface area contributed by atoms with Crippen LogP contribution in [0.1, 0.15) is 24.0 Å². The molecule has 0 spiro atoms. The number of fused-ring (bicyclic) bond motifs is 3. The van der Waals surface area contributed by atoms with Crippen LogP contribution in [0.5, 0.6) is 11.5 Å². The second-order valence-corrected chi connectivity index (χ2v) is 6.14. The van der Waals surface area contributed by atoms with Crippen molar-refractivity contribution in [2.45, 2.75) is 12.8 Å². The van der Waals surface area contributed by atoms with Gasteiger partial charge in [0, 0.05) is 6.92 Å². The van der Waals surface area contributed by atoms with Crippen LogP contribution in [-0.4, -0.2) is 12.0 Å². The van der Waals surface area contributed by atoms with E-state index >= 15 is 0 Å². The molecule has 0 radical (unpaired) electrons. The maximum atomic E-state index is 12.7. The first kappa shape index (κ1) is 16.8. The predicted octanol–water partition coefficient (Wildman–Crippen LogP) is 3.83. The first-order chi connectivity index (χ1) is 13.0. The van der Waals surface area contributed by atoms with Gasteiger partial charge in [0.2, 0.25) is 0 Å². The third-order valence-corrected chi connectivity index (χ3v) is 4.62. The van der Waals surface area contributed by atoms with Gasteiger partial charge in [-0.2, -0.15) is 0 Å². The molecule has 7 nitrogen and oxygen atoms in total. The highest BCUT2D eigenvalue weighted by atomic mass is 16.6. The number of hydrogen-bond acceptors (Lipinski definition) is 6. The van der Waals surface area contributed by atoms with Crippen LogP contribution in [0.25, 0.3) is 11.0 Å². The van der Waals surface area contributed by atoms with E-state index in [1.165, 1.54) is 14.0 Å². The monoisotopic (exact) mass is 365 g/mol. The fraction of sp³-hybridized carbons (Fsp3) is 0.150. The molecule has 0 amide bonds. The maximum absolute atomic E-state index is 12.7. The largest absolute Gasteiger partial charge is 0.497 e. The Hall–Kier alpha value is -3.61. The summed E-state index contributed by atoms with van der Waals surface area (Å²) in [6.07, 6.45) is 0. The van der Waals surface area contributed by atoms with Gasteiger partial charge < -0.3 is 13.9 Å². The molecule has 136 valence electrons. The summed E-state index contributed by atoms with van der Waals surface area (Å²) in [4.78, 5) is 24.0. The summed E-state index contributed by atoms with van der Waals surface area (Å²) < 4.78 is 16.3. The first-order valence-electron chi connectivity index (χ1n) is 8.24. The lowest BCUT2D eigenvalue weighted by atomic mass is 9.86. The average Bonchev–Trinajstić information content (AvgIpc) is 2.67. The van der Waals surface area contributed by atoms with Gasteiger partial charge >= 0.3 is 5.63 Å². The summed E-state index contributed by atoms with van der Waals surface area (Å²) in [7, 11) is 1.53. The minimum Gasteiger partial charge on any atom is -0.497 e. The number of ether oxygens (including phenoxy) is 2. The Morgan fingerprint density at radius 1 is 1.11 bits per heavy atom. The van der Waals surface area contributed by atoms with Crippen LogP contribution in [0.2, 0.25) is 0 Å². The number of methoxy groups -OCH3 is 1. The average molecular weight is 365 g/mol. The third kappa shape index (κ3) is 2.64. The van der Waals surface area contributed by atoms with Crippen molar-refractivity contribution in [3.63, 3.8) is 0 Å². The Morgan fingerprint density at radius 2 is 1.81 bits per heavy atom. The Labute approximate surface area is 153 Å². The molecular formula is C20H15NO6. The van der Waals surface area contributed by atoms with Crippen molar-refractivity contribution in [3.8, 4) is 11.5 Å². The molecule has 2 aromatic carbocycles. The quantitative estimate of drug-likeness (QED) is 0.398. The van der Waals surface area contributed by atoms with Crippen LogP contribution in [-0.2, 0) is 0 Å². The molecular weight excluding hydrogens is 350 g/mol. The predicted molar refractivity (Wildman–Crippen MR) is 97.6 cm³/mol. The number of nitrogens with zero attached hydrogens (tertiary/aromatic N) is 1. The fourth-order valence-electron chi connectivity index (χ4n) is 3.39. The van der Waals surface area contributed by atoms with Gasteiger partial charge in [-0.3, -0.25) is 10.1 Å². The number of hydrogen-bond donors (Lipinski definition) is 0. The van der Waals surface area contributed by atoms with E-state index in [0.717, 1.165) is 0 Å². The number of allylic oxidation sites excluding steroid dienone is 2. The van der Waals surface area contributed by atoms with E-state index in [4.69, 9.17) is 13.9 Å². The Balaban J connectivity index is 2.04. The van der Waals surface area contributed by atoms with E-state index in [1.54, 1.807) is 48.5 Å². The lowest BCUT2D eigenvalue weighted by molar-refractivity contribution is -0.432. The van der Waals surface area contributed by atoms with Crippen molar-refractivity contribution < 1.29 is 18.8 Å². The normalized spacial score (nSPS) is 16.0. The van der Waals surface area contributed by atoms with Crippen LogP contribution in [0, 0.1) is 10.1 Å². The number of nitro groups is 1. The van der Waals surface area contributed by atoms with E-state index in [2.05, 4.69) is 0 Å². The molecule has 1 aromatic heterocycles. The molecule has 1 atom stereocenters. The highest BCUT2D eigenvalue weighted by Gasteiger charge is 2.41. The molecule has 7 heteroatoms. The standard InChI is InChI=1S/C20H15NO6/c1-11-18(21(23)24)16(12-7-9-13(25-2)10-8-12)17-19(26-11)14-5-3-4-6-15(14)27-20(17)22/h3-10,16H,1-2H3. The molecule has 0 saturated heterocycles. The molecule has 0 bridgehead atoms. The van der Waals surface area contributed by atoms with Gasteiger partial charge in [-0.15, -0.1) is 0 Å². The molecule has 1 aliphatic rings. The lowest BCUT2D eigenvalue weighted by Crippen LogP contribution is -2.26. The van der Waals surface area contributed by atoms with Gasteiger partial charge in [-0.25, -0.2) is 4.79 Å². The van der Waals surface area contributed by atoms with Crippen LogP contribution in [0.15, 0.2) is 69.2 Å². The minimum atomic E-state index is -0.907. The van der Waals surface area contributed by atoms with Crippen molar-refractivity contribution in [1.29, 1.82) is 0 Å². The highest BCUT2D eigenvalue weighted by molar-refractivity contribution is 5.85. The number of para-hydroxylation sites is 1. The Kier molecular flexibility index (Phi) is 3.92. The SMILES string of the molecule is COc1ccc(C2C([N+](=O)[O-])=C(C)Oc3c2c(=O)oc2ccccc32)cc1. The van der Waals surface area contributed by atoms with Crippen LogP contribution in [0.3, 0.4) is 0 Å². The molecule has 27 heavy (non-hydrogen) atoms. The van der Waals surface area contributed by atoms with E-state index < -0.39 is 16.5 Å². The molecule has 0 fully saturated rings. The molecule has 3 aromatic rings. The molecule has 4 rings (SSSR count). The molecule has 0 saturated carbocycles. The van der Waals surface area contributed by atoms with Gasteiger partial charge in [0.15, 0.2) is 5.76 Å². The topological polar surface area (TPSA) is 91.8 Å². The second-order valence-electron chi connectivity index (χ2n) is 6.14. The van der Waals surface area contributed by atoms with Crippen molar-refractivity contribution in [2.24, 2.45) is 0 Å². The van der Waals surface area contributed by atoms with Crippen molar-refractivity contribution in [1.82, 2.24) is 0 Å². The zero-order chi connectivity index (χ0) is 19.1. The molecule has 0 aliphatic carbocycles. The van der Waals surface area contributed by atoms with Crippen molar-refractivity contribution in [2.75, 3.05) is 7.11 Å². The highest BCUT2D eigenvalue weighted by Crippen LogP contribution is 2.44. The van der Waals surface area contributed by atoms with Gasteiger partial charge in [-0.1, -0.05) is 24.3 Å². The van der Waals surface area contributed by atoms with E-state index in [-0.39, 0.29) is 17.0 Å². The van der Waals surface area contributed by atoms with Gasteiger partial charge in [-0.05, 0) is 29.8 Å². The van der Waals surface area contributed by atoms with Crippen LogP contribution < -0.4 is 15.1 Å². The summed E-state index contributed by atoms with van der Waals surface area (Å²) >= 11 is 0. The number of benzene rings is 2. The Morgan fingerprint density at radius 3 is 2.48 bits per heavy atom. The van der Waals surface area contributed by atoms with E-state index in [1.807, 2.05) is 0 Å². The van der Waals surface area contributed by atoms with Gasteiger partial charge in [0.05, 0.1) is 23.0 Å². The summed E-state index contributed by atoms with van der Waals surface area (Å²) in [6.45, 7) is 1.53.